The molecule has 7 nitrogen and oxygen atoms in total. The first-order valence-electron chi connectivity index (χ1n) is 11.2. The van der Waals surface area contributed by atoms with Gasteiger partial charge in [0.2, 0.25) is 0 Å². The molecule has 3 heterocycles. The van der Waals surface area contributed by atoms with Gasteiger partial charge in [-0.2, -0.15) is 5.10 Å². The van der Waals surface area contributed by atoms with E-state index in [2.05, 4.69) is 29.2 Å². The van der Waals surface area contributed by atoms with Crippen molar-refractivity contribution in [1.29, 1.82) is 0 Å². The first kappa shape index (κ1) is 21.6. The number of aromatic nitrogens is 5. The van der Waals surface area contributed by atoms with Gasteiger partial charge in [-0.1, -0.05) is 54.1 Å². The van der Waals surface area contributed by atoms with E-state index >= 15 is 0 Å². The standard InChI is InChI=1S/C27H25N5O2/c1-18(2)13-16-31-25-23(26(33)30(3)27(31)34)24(20-11-14-28-15-12-20)32(29-25)17-21-9-6-8-19-7-4-5-10-22(19)21/h4-15H,16-17H2,1-3H3. The highest BCUT2D eigenvalue weighted by molar-refractivity contribution is 5.91. The average molecular weight is 452 g/mol. The van der Waals surface area contributed by atoms with Gasteiger partial charge < -0.3 is 0 Å². The van der Waals surface area contributed by atoms with Crippen LogP contribution in [0, 0.1) is 0 Å². The van der Waals surface area contributed by atoms with Crippen molar-refractivity contribution in [3.63, 3.8) is 0 Å². The molecule has 2 aromatic carbocycles. The molecule has 0 aliphatic rings. The monoisotopic (exact) mass is 451 g/mol. The van der Waals surface area contributed by atoms with Crippen molar-refractivity contribution in [2.75, 3.05) is 0 Å². The molecule has 3 aromatic heterocycles. The summed E-state index contributed by atoms with van der Waals surface area (Å²) in [5.74, 6) is 0. The Morgan fingerprint density at radius 3 is 2.47 bits per heavy atom. The average Bonchev–Trinajstić information content (AvgIpc) is 3.22. The summed E-state index contributed by atoms with van der Waals surface area (Å²) < 4.78 is 4.56. The second-order valence-corrected chi connectivity index (χ2v) is 8.62. The normalized spacial score (nSPS) is 11.3. The summed E-state index contributed by atoms with van der Waals surface area (Å²) in [5.41, 5.74) is 3.31. The van der Waals surface area contributed by atoms with Crippen molar-refractivity contribution in [1.82, 2.24) is 23.9 Å². The Hall–Kier alpha value is -4.26. The predicted octanol–water partition coefficient (Wildman–Crippen LogP) is 4.13. The fourth-order valence-electron chi connectivity index (χ4n) is 4.31. The van der Waals surface area contributed by atoms with Crippen LogP contribution in [-0.2, 0) is 20.1 Å². The van der Waals surface area contributed by atoms with Gasteiger partial charge in [-0.05, 0) is 42.3 Å². The third-order valence-electron chi connectivity index (χ3n) is 6.06. The molecule has 34 heavy (non-hydrogen) atoms. The summed E-state index contributed by atoms with van der Waals surface area (Å²) in [4.78, 5) is 30.6. The fourth-order valence-corrected chi connectivity index (χ4v) is 4.31. The molecule has 0 saturated heterocycles. The molecule has 0 saturated carbocycles. The molecule has 0 amide bonds. The highest BCUT2D eigenvalue weighted by Crippen LogP contribution is 2.28. The summed E-state index contributed by atoms with van der Waals surface area (Å²) in [7, 11) is 1.52. The van der Waals surface area contributed by atoms with Crippen LogP contribution in [0.2, 0.25) is 0 Å². The summed E-state index contributed by atoms with van der Waals surface area (Å²) in [6, 6.07) is 18.1. The van der Waals surface area contributed by atoms with E-state index in [4.69, 9.17) is 5.10 Å². The number of fused-ring (bicyclic) bond motifs is 2. The summed E-state index contributed by atoms with van der Waals surface area (Å²) in [6.45, 7) is 4.75. The number of nitrogens with zero attached hydrogens (tertiary/aromatic N) is 5. The predicted molar refractivity (Wildman–Crippen MR) is 135 cm³/mol. The zero-order valence-electron chi connectivity index (χ0n) is 19.4. The Labute approximate surface area is 196 Å². The van der Waals surface area contributed by atoms with Gasteiger partial charge in [-0.25, -0.2) is 4.79 Å². The number of allylic oxidation sites excluding steroid dienone is 2. The van der Waals surface area contributed by atoms with Gasteiger partial charge in [0.25, 0.3) is 5.56 Å². The zero-order chi connectivity index (χ0) is 23.8. The minimum Gasteiger partial charge on any atom is -0.272 e. The summed E-state index contributed by atoms with van der Waals surface area (Å²) >= 11 is 0. The lowest BCUT2D eigenvalue weighted by Gasteiger charge is -2.10. The SMILES string of the molecule is CC(C)=CCn1c(=O)n(C)c(=O)c2c(-c3ccncc3)n(Cc3cccc4ccccc34)nc21. The maximum Gasteiger partial charge on any atom is 0.332 e. The molecule has 0 spiro atoms. The first-order chi connectivity index (χ1) is 16.5. The van der Waals surface area contributed by atoms with Crippen LogP contribution in [0.15, 0.2) is 88.2 Å². The van der Waals surface area contributed by atoms with E-state index < -0.39 is 0 Å². The minimum atomic E-state index is -0.383. The van der Waals surface area contributed by atoms with E-state index in [1.165, 1.54) is 7.05 Å². The van der Waals surface area contributed by atoms with Gasteiger partial charge in [-0.15, -0.1) is 0 Å². The van der Waals surface area contributed by atoms with Crippen LogP contribution >= 0.6 is 0 Å². The van der Waals surface area contributed by atoms with E-state index in [1.54, 1.807) is 17.0 Å². The topological polar surface area (TPSA) is 74.7 Å². The van der Waals surface area contributed by atoms with Crippen molar-refractivity contribution >= 4 is 21.8 Å². The van der Waals surface area contributed by atoms with Crippen molar-refractivity contribution in [2.24, 2.45) is 7.05 Å². The summed E-state index contributed by atoms with van der Waals surface area (Å²) in [6.07, 6.45) is 5.35. The van der Waals surface area contributed by atoms with Crippen molar-refractivity contribution < 1.29 is 0 Å². The third-order valence-corrected chi connectivity index (χ3v) is 6.06. The van der Waals surface area contributed by atoms with E-state index in [-0.39, 0.29) is 11.2 Å². The number of rotatable bonds is 5. The van der Waals surface area contributed by atoms with Gasteiger partial charge in [0.1, 0.15) is 5.39 Å². The van der Waals surface area contributed by atoms with Gasteiger partial charge in [0.05, 0.1) is 12.2 Å². The van der Waals surface area contributed by atoms with Gasteiger partial charge in [0.15, 0.2) is 5.65 Å². The van der Waals surface area contributed by atoms with Gasteiger partial charge in [-0.3, -0.25) is 23.6 Å². The third kappa shape index (κ3) is 3.65. The van der Waals surface area contributed by atoms with Crippen LogP contribution in [0.1, 0.15) is 19.4 Å². The van der Waals surface area contributed by atoms with Gasteiger partial charge in [0, 0.05) is 31.5 Å². The van der Waals surface area contributed by atoms with Crippen LogP contribution in [0.25, 0.3) is 33.1 Å². The molecule has 0 radical (unpaired) electrons. The molecular formula is C27H25N5O2. The maximum atomic E-state index is 13.4. The molecule has 7 heteroatoms. The highest BCUT2D eigenvalue weighted by Gasteiger charge is 2.22. The molecule has 0 aliphatic carbocycles. The lowest BCUT2D eigenvalue weighted by Crippen LogP contribution is -2.38. The lowest BCUT2D eigenvalue weighted by molar-refractivity contribution is 0.657. The Bertz CT molecular complexity index is 1660. The van der Waals surface area contributed by atoms with E-state index in [1.807, 2.05) is 54.9 Å². The molecule has 0 atom stereocenters. The van der Waals surface area contributed by atoms with Crippen molar-refractivity contribution in [2.45, 2.75) is 26.9 Å². The molecule has 5 rings (SSSR count). The Morgan fingerprint density at radius 2 is 1.71 bits per heavy atom. The molecule has 0 N–H and O–H groups in total. The molecule has 0 fully saturated rings. The van der Waals surface area contributed by atoms with Crippen LogP contribution in [-0.4, -0.2) is 23.9 Å². The van der Waals surface area contributed by atoms with Crippen molar-refractivity contribution in [3.05, 3.63) is 105 Å². The fraction of sp³-hybridized carbons (Fsp3) is 0.185. The van der Waals surface area contributed by atoms with Crippen molar-refractivity contribution in [3.8, 4) is 11.3 Å². The van der Waals surface area contributed by atoms with Crippen LogP contribution < -0.4 is 11.2 Å². The lowest BCUT2D eigenvalue weighted by atomic mass is 10.0. The first-order valence-corrected chi connectivity index (χ1v) is 11.2. The zero-order valence-corrected chi connectivity index (χ0v) is 19.4. The molecule has 5 aromatic rings. The van der Waals surface area contributed by atoms with E-state index in [0.717, 1.165) is 32.0 Å². The highest BCUT2D eigenvalue weighted by atomic mass is 16.2. The molecule has 170 valence electrons. The molecule has 0 aliphatic heterocycles. The quantitative estimate of drug-likeness (QED) is 0.377. The number of hydrogen-bond donors (Lipinski definition) is 0. The maximum absolute atomic E-state index is 13.4. The van der Waals surface area contributed by atoms with Crippen LogP contribution in [0.5, 0.6) is 0 Å². The number of benzene rings is 2. The number of pyridine rings is 1. The summed E-state index contributed by atoms with van der Waals surface area (Å²) in [5, 5.41) is 7.54. The Balaban J connectivity index is 1.83. The van der Waals surface area contributed by atoms with E-state index in [9.17, 15) is 9.59 Å². The smallest absolute Gasteiger partial charge is 0.272 e. The van der Waals surface area contributed by atoms with E-state index in [0.29, 0.717) is 29.8 Å². The molecular weight excluding hydrogens is 426 g/mol. The second kappa shape index (κ2) is 8.59. The second-order valence-electron chi connectivity index (χ2n) is 8.62. The molecule has 0 unspecified atom stereocenters. The Morgan fingerprint density at radius 1 is 0.971 bits per heavy atom. The Kier molecular flexibility index (Phi) is 5.45. The largest absolute Gasteiger partial charge is 0.332 e. The van der Waals surface area contributed by atoms with Crippen LogP contribution in [0.3, 0.4) is 0 Å². The number of hydrogen-bond acceptors (Lipinski definition) is 4. The van der Waals surface area contributed by atoms with Crippen LogP contribution in [0.4, 0.5) is 0 Å². The molecule has 0 bridgehead atoms. The minimum absolute atomic E-state index is 0.340. The van der Waals surface area contributed by atoms with Gasteiger partial charge >= 0.3 is 5.69 Å².